The monoisotopic (exact) mass is 381 g/mol. The van der Waals surface area contributed by atoms with Crippen molar-refractivity contribution < 1.29 is 19.1 Å². The lowest BCUT2D eigenvalue weighted by Crippen LogP contribution is -2.41. The number of carbonyl (C=O) groups excluding carboxylic acids is 2. The minimum Gasteiger partial charge on any atom is -0.442 e. The summed E-state index contributed by atoms with van der Waals surface area (Å²) in [6, 6.07) is 7.36. The Balaban J connectivity index is 1.36. The van der Waals surface area contributed by atoms with Crippen LogP contribution in [-0.4, -0.2) is 57.2 Å². The summed E-state index contributed by atoms with van der Waals surface area (Å²) in [6.45, 7) is 2.07. The molecule has 1 aliphatic carbocycles. The van der Waals surface area contributed by atoms with Crippen molar-refractivity contribution in [3.05, 3.63) is 48.1 Å². The molecule has 146 valence electrons. The topological polar surface area (TPSA) is 71.4 Å². The van der Waals surface area contributed by atoms with E-state index >= 15 is 0 Å². The Morgan fingerprint density at radius 3 is 2.61 bits per heavy atom. The summed E-state index contributed by atoms with van der Waals surface area (Å²) < 4.78 is 10.6. The lowest BCUT2D eigenvalue weighted by molar-refractivity contribution is -0.125. The van der Waals surface area contributed by atoms with E-state index in [0.717, 1.165) is 29.8 Å². The molecule has 2 aliphatic heterocycles. The quantitative estimate of drug-likeness (QED) is 0.736. The number of hydrogen-bond acceptors (Lipinski definition) is 5. The molecule has 2 amide bonds. The van der Waals surface area contributed by atoms with Gasteiger partial charge in [0.2, 0.25) is 0 Å². The number of aliphatic imine (C=N–C) groups is 1. The molecule has 1 atom stereocenters. The Hall–Kier alpha value is -2.93. The number of nitrogens with zero attached hydrogens (tertiary/aromatic N) is 3. The molecular formula is C21H23N3O4. The molecule has 0 N–H and O–H groups in total. The minimum absolute atomic E-state index is 0.0552. The van der Waals surface area contributed by atoms with Crippen LogP contribution in [0.5, 0.6) is 0 Å². The van der Waals surface area contributed by atoms with E-state index < -0.39 is 0 Å². The summed E-state index contributed by atoms with van der Waals surface area (Å²) in [7, 11) is 0. The van der Waals surface area contributed by atoms with Gasteiger partial charge in [-0.25, -0.2) is 4.79 Å². The van der Waals surface area contributed by atoms with Gasteiger partial charge in [0.15, 0.2) is 0 Å². The van der Waals surface area contributed by atoms with Gasteiger partial charge in [-0.3, -0.25) is 14.7 Å². The Morgan fingerprint density at radius 1 is 1.11 bits per heavy atom. The van der Waals surface area contributed by atoms with Crippen molar-refractivity contribution in [3.8, 4) is 0 Å². The van der Waals surface area contributed by atoms with Gasteiger partial charge in [-0.1, -0.05) is 18.2 Å². The van der Waals surface area contributed by atoms with E-state index in [0.29, 0.717) is 26.2 Å². The molecule has 2 saturated heterocycles. The molecule has 0 spiro atoms. The summed E-state index contributed by atoms with van der Waals surface area (Å²) in [4.78, 5) is 31.9. The fourth-order valence-corrected chi connectivity index (χ4v) is 3.44. The molecule has 2 heterocycles. The highest BCUT2D eigenvalue weighted by Crippen LogP contribution is 2.25. The maximum Gasteiger partial charge on any atom is 0.414 e. The van der Waals surface area contributed by atoms with Crippen molar-refractivity contribution in [2.75, 3.05) is 42.6 Å². The first-order valence-electron chi connectivity index (χ1n) is 9.53. The molecule has 4 rings (SSSR count). The molecular weight excluding hydrogens is 358 g/mol. The van der Waals surface area contributed by atoms with E-state index in [9.17, 15) is 9.59 Å². The second-order valence-corrected chi connectivity index (χ2v) is 6.91. The van der Waals surface area contributed by atoms with Crippen molar-refractivity contribution in [2.24, 2.45) is 4.99 Å². The lowest BCUT2D eigenvalue weighted by Gasteiger charge is -2.27. The number of morpholine rings is 1. The van der Waals surface area contributed by atoms with Crippen molar-refractivity contribution in [1.29, 1.82) is 0 Å². The fraction of sp³-hybridized carbons (Fsp3) is 0.381. The number of carbonyl (C=O) groups is 2. The number of amides is 2. The second-order valence-electron chi connectivity index (χ2n) is 6.91. The van der Waals surface area contributed by atoms with Crippen molar-refractivity contribution >= 4 is 29.6 Å². The van der Waals surface area contributed by atoms with Gasteiger partial charge >= 0.3 is 6.09 Å². The van der Waals surface area contributed by atoms with E-state index in [1.54, 1.807) is 9.80 Å². The number of ether oxygens (including phenoxy) is 2. The number of anilines is 2. The third-order valence-corrected chi connectivity index (χ3v) is 4.91. The molecule has 0 aromatic heterocycles. The molecule has 1 aromatic rings. The molecule has 28 heavy (non-hydrogen) atoms. The first-order chi connectivity index (χ1) is 13.7. The zero-order valence-corrected chi connectivity index (χ0v) is 15.6. The summed E-state index contributed by atoms with van der Waals surface area (Å²) in [5.41, 5.74) is 2.65. The van der Waals surface area contributed by atoms with Crippen molar-refractivity contribution in [1.82, 2.24) is 0 Å². The second kappa shape index (κ2) is 8.39. The average molecular weight is 381 g/mol. The van der Waals surface area contributed by atoms with Crippen LogP contribution >= 0.6 is 0 Å². The van der Waals surface area contributed by atoms with Gasteiger partial charge < -0.3 is 14.4 Å². The molecule has 7 heteroatoms. The number of allylic oxidation sites excluding steroid dienone is 4. The van der Waals surface area contributed by atoms with Crippen LogP contribution in [0.1, 0.15) is 12.8 Å². The summed E-state index contributed by atoms with van der Waals surface area (Å²) in [6.07, 6.45) is 9.65. The standard InChI is InChI=1S/C21H23N3O4/c25-20-15-27-11-10-23(20)17-6-8-18(9-7-17)24-14-19(28-21(24)26)13-22-12-16-4-2-1-3-5-16/h2,4-9,12,19H,1,3,10-11,13-15H2/t19-/m0/s1. The number of benzene rings is 1. The van der Waals surface area contributed by atoms with Gasteiger partial charge in [-0.15, -0.1) is 0 Å². The van der Waals surface area contributed by atoms with Crippen LogP contribution in [0.15, 0.2) is 53.1 Å². The third-order valence-electron chi connectivity index (χ3n) is 4.91. The maximum absolute atomic E-state index is 12.2. The Morgan fingerprint density at radius 2 is 1.89 bits per heavy atom. The number of rotatable bonds is 5. The molecule has 0 bridgehead atoms. The highest BCUT2D eigenvalue weighted by Gasteiger charge is 2.32. The predicted octanol–water partition coefficient (Wildman–Crippen LogP) is 2.72. The largest absolute Gasteiger partial charge is 0.442 e. The first-order valence-corrected chi connectivity index (χ1v) is 9.53. The van der Waals surface area contributed by atoms with Gasteiger partial charge in [-0.2, -0.15) is 0 Å². The molecule has 0 saturated carbocycles. The van der Waals surface area contributed by atoms with Gasteiger partial charge in [0.05, 0.1) is 19.7 Å². The summed E-state index contributed by atoms with van der Waals surface area (Å²) >= 11 is 0. The van der Waals surface area contributed by atoms with Crippen molar-refractivity contribution in [2.45, 2.75) is 18.9 Å². The average Bonchev–Trinajstić information content (AvgIpc) is 3.10. The minimum atomic E-state index is -0.368. The van der Waals surface area contributed by atoms with E-state index in [2.05, 4.69) is 23.2 Å². The van der Waals surface area contributed by atoms with Gasteiger partial charge in [-0.05, 0) is 42.7 Å². The molecule has 2 fully saturated rings. The van der Waals surface area contributed by atoms with Gasteiger partial charge in [0.1, 0.15) is 12.7 Å². The van der Waals surface area contributed by atoms with Crippen LogP contribution in [0.4, 0.5) is 16.2 Å². The van der Waals surface area contributed by atoms with E-state index in [-0.39, 0.29) is 24.7 Å². The fourth-order valence-electron chi connectivity index (χ4n) is 3.44. The highest BCUT2D eigenvalue weighted by molar-refractivity contribution is 5.95. The van der Waals surface area contributed by atoms with Crippen LogP contribution in [0, 0.1) is 0 Å². The lowest BCUT2D eigenvalue weighted by atomic mass is 10.1. The zero-order valence-electron chi connectivity index (χ0n) is 15.6. The normalized spacial score (nSPS) is 22.7. The summed E-state index contributed by atoms with van der Waals surface area (Å²) in [5, 5.41) is 0. The third kappa shape index (κ3) is 4.14. The first kappa shape index (κ1) is 18.4. The molecule has 0 unspecified atom stereocenters. The summed E-state index contributed by atoms with van der Waals surface area (Å²) in [5.74, 6) is -0.0552. The van der Waals surface area contributed by atoms with Crippen LogP contribution in [0.25, 0.3) is 0 Å². The molecule has 7 nitrogen and oxygen atoms in total. The van der Waals surface area contributed by atoms with Crippen LogP contribution in [-0.2, 0) is 14.3 Å². The van der Waals surface area contributed by atoms with E-state index in [1.165, 1.54) is 0 Å². The van der Waals surface area contributed by atoms with E-state index in [1.807, 2.05) is 30.5 Å². The molecule has 0 radical (unpaired) electrons. The van der Waals surface area contributed by atoms with Crippen LogP contribution < -0.4 is 9.80 Å². The van der Waals surface area contributed by atoms with Crippen LogP contribution in [0.2, 0.25) is 0 Å². The number of cyclic esters (lactones) is 1. The smallest absolute Gasteiger partial charge is 0.414 e. The predicted molar refractivity (Wildman–Crippen MR) is 107 cm³/mol. The molecule has 1 aromatic carbocycles. The maximum atomic E-state index is 12.2. The van der Waals surface area contributed by atoms with E-state index in [4.69, 9.17) is 9.47 Å². The van der Waals surface area contributed by atoms with Gasteiger partial charge in [0, 0.05) is 24.1 Å². The van der Waals surface area contributed by atoms with Gasteiger partial charge in [0.25, 0.3) is 5.91 Å². The highest BCUT2D eigenvalue weighted by atomic mass is 16.6. The zero-order chi connectivity index (χ0) is 19.3. The molecule has 3 aliphatic rings. The Kier molecular flexibility index (Phi) is 5.53. The Bertz CT molecular complexity index is 829. The Labute approximate surface area is 163 Å². The number of hydrogen-bond donors (Lipinski definition) is 0. The van der Waals surface area contributed by atoms with Crippen LogP contribution in [0.3, 0.4) is 0 Å². The SMILES string of the molecule is O=C1COCCN1c1ccc(N2C[C@H](CN=CC3=CCCC=C3)OC2=O)cc1. The van der Waals surface area contributed by atoms with Crippen molar-refractivity contribution in [3.63, 3.8) is 0 Å².